The molecule has 0 saturated carbocycles. The molecular formula is C25H33NO3. The normalized spacial score (nSPS) is 22.7. The fraction of sp³-hybridized carbons (Fsp3) is 0.520. The smallest absolute Gasteiger partial charge is 0.125 e. The number of hydrogen-bond acceptors (Lipinski definition) is 4. The van der Waals surface area contributed by atoms with Gasteiger partial charge in [0.2, 0.25) is 0 Å². The van der Waals surface area contributed by atoms with Crippen LogP contribution in [0.1, 0.15) is 68.9 Å². The Hall–Kier alpha value is -1.88. The lowest BCUT2D eigenvalue weighted by molar-refractivity contribution is -0.0587. The van der Waals surface area contributed by atoms with E-state index < -0.39 is 12.2 Å². The molecule has 4 rings (SSSR count). The van der Waals surface area contributed by atoms with Crippen molar-refractivity contribution in [1.29, 1.82) is 0 Å². The Bertz CT molecular complexity index is 832. The molecule has 2 aliphatic heterocycles. The molecule has 0 aromatic heterocycles. The number of likely N-dealkylation sites (tertiary alicyclic amines) is 1. The lowest BCUT2D eigenvalue weighted by atomic mass is 9.81. The van der Waals surface area contributed by atoms with Gasteiger partial charge in [0, 0.05) is 31.6 Å². The van der Waals surface area contributed by atoms with Gasteiger partial charge in [0.05, 0.1) is 12.2 Å². The number of fused-ring (bicyclic) bond motifs is 1. The van der Waals surface area contributed by atoms with E-state index in [1.54, 1.807) is 0 Å². The molecule has 0 bridgehead atoms. The first-order chi connectivity index (χ1) is 13.8. The maximum absolute atomic E-state index is 10.7. The first kappa shape index (κ1) is 20.4. The van der Waals surface area contributed by atoms with E-state index in [1.165, 1.54) is 5.56 Å². The Morgan fingerprint density at radius 2 is 1.72 bits per heavy atom. The van der Waals surface area contributed by atoms with Gasteiger partial charge in [-0.15, -0.1) is 0 Å². The van der Waals surface area contributed by atoms with Gasteiger partial charge >= 0.3 is 0 Å². The van der Waals surface area contributed by atoms with Crippen molar-refractivity contribution in [2.75, 3.05) is 19.6 Å². The van der Waals surface area contributed by atoms with E-state index >= 15 is 0 Å². The number of aliphatic hydroxyl groups excluding tert-OH is 2. The van der Waals surface area contributed by atoms with Crippen molar-refractivity contribution in [2.45, 2.75) is 63.3 Å². The molecule has 2 aromatic rings. The molecule has 1 fully saturated rings. The third-order valence-electron chi connectivity index (χ3n) is 6.53. The molecule has 4 nitrogen and oxygen atoms in total. The summed E-state index contributed by atoms with van der Waals surface area (Å²) in [6, 6.07) is 16.2. The largest absolute Gasteiger partial charge is 0.487 e. The highest BCUT2D eigenvalue weighted by atomic mass is 16.5. The molecule has 1 saturated heterocycles. The van der Waals surface area contributed by atoms with Crippen molar-refractivity contribution in [1.82, 2.24) is 4.90 Å². The van der Waals surface area contributed by atoms with E-state index in [0.29, 0.717) is 13.0 Å². The van der Waals surface area contributed by atoms with Crippen LogP contribution in [0.4, 0.5) is 0 Å². The quantitative estimate of drug-likeness (QED) is 0.810. The Morgan fingerprint density at radius 1 is 1.07 bits per heavy atom. The first-order valence-corrected chi connectivity index (χ1v) is 10.7. The molecule has 0 radical (unpaired) electrons. The molecule has 2 aromatic carbocycles. The lowest BCUT2D eigenvalue weighted by Crippen LogP contribution is -2.51. The Kier molecular flexibility index (Phi) is 5.45. The van der Waals surface area contributed by atoms with Crippen molar-refractivity contribution in [3.8, 4) is 5.75 Å². The van der Waals surface area contributed by atoms with Crippen LogP contribution in [0.5, 0.6) is 5.75 Å². The minimum Gasteiger partial charge on any atom is -0.487 e. The van der Waals surface area contributed by atoms with Crippen LogP contribution in [0.25, 0.3) is 0 Å². The number of aliphatic hydroxyl groups is 2. The van der Waals surface area contributed by atoms with Gasteiger partial charge in [-0.2, -0.15) is 0 Å². The fourth-order valence-electron chi connectivity index (χ4n) is 4.59. The van der Waals surface area contributed by atoms with Crippen LogP contribution in [0.15, 0.2) is 48.5 Å². The monoisotopic (exact) mass is 395 g/mol. The maximum atomic E-state index is 10.7. The first-order valence-electron chi connectivity index (χ1n) is 10.7. The second-order valence-corrected chi connectivity index (χ2v) is 9.73. The number of rotatable bonds is 3. The molecule has 1 spiro atoms. The molecule has 4 heteroatoms. The third-order valence-corrected chi connectivity index (χ3v) is 6.53. The van der Waals surface area contributed by atoms with E-state index in [0.717, 1.165) is 42.8 Å². The summed E-state index contributed by atoms with van der Waals surface area (Å²) in [5, 5.41) is 21.3. The number of piperidine rings is 1. The summed E-state index contributed by atoms with van der Waals surface area (Å²) in [6.07, 6.45) is 1.44. The number of ether oxygens (including phenoxy) is 1. The SMILES string of the molecule is CC(C)(C)c1ccc([C@@H](O)CN2CCC3(CC2)C[C@H](O)c2ccccc2O3)cc1. The number of benzene rings is 2. The van der Waals surface area contributed by atoms with Gasteiger partial charge in [0.15, 0.2) is 0 Å². The van der Waals surface area contributed by atoms with Crippen LogP contribution in [-0.4, -0.2) is 40.3 Å². The van der Waals surface area contributed by atoms with Crippen molar-refractivity contribution in [2.24, 2.45) is 0 Å². The highest BCUT2D eigenvalue weighted by Crippen LogP contribution is 2.44. The van der Waals surface area contributed by atoms with Gasteiger partial charge < -0.3 is 19.8 Å². The van der Waals surface area contributed by atoms with E-state index in [2.05, 4.69) is 37.8 Å². The average molecular weight is 396 g/mol. The zero-order chi connectivity index (χ0) is 20.6. The maximum Gasteiger partial charge on any atom is 0.125 e. The minimum atomic E-state index is -0.489. The summed E-state index contributed by atoms with van der Waals surface area (Å²) >= 11 is 0. The third kappa shape index (κ3) is 4.35. The van der Waals surface area contributed by atoms with Crippen LogP contribution in [0, 0.1) is 0 Å². The van der Waals surface area contributed by atoms with Gasteiger partial charge in [0.1, 0.15) is 11.4 Å². The second kappa shape index (κ2) is 7.75. The number of β-amino-alcohol motifs (C(OH)–C–C–N with tert-alkyl or cyclic N) is 1. The lowest BCUT2D eigenvalue weighted by Gasteiger charge is -2.46. The molecule has 2 aliphatic rings. The van der Waals surface area contributed by atoms with Crippen molar-refractivity contribution >= 4 is 0 Å². The van der Waals surface area contributed by atoms with Gasteiger partial charge in [-0.25, -0.2) is 0 Å². The number of nitrogens with zero attached hydrogens (tertiary/aromatic N) is 1. The molecule has 0 aliphatic carbocycles. The highest BCUT2D eigenvalue weighted by Gasteiger charge is 2.42. The van der Waals surface area contributed by atoms with Crippen LogP contribution < -0.4 is 4.74 Å². The zero-order valence-corrected chi connectivity index (χ0v) is 17.8. The van der Waals surface area contributed by atoms with Crippen LogP contribution in [-0.2, 0) is 5.41 Å². The van der Waals surface area contributed by atoms with Crippen molar-refractivity contribution < 1.29 is 14.9 Å². The van der Waals surface area contributed by atoms with Crippen LogP contribution in [0.2, 0.25) is 0 Å². The fourth-order valence-corrected chi connectivity index (χ4v) is 4.59. The predicted octanol–water partition coefficient (Wildman–Crippen LogP) is 4.37. The van der Waals surface area contributed by atoms with Crippen LogP contribution in [0.3, 0.4) is 0 Å². The average Bonchev–Trinajstić information content (AvgIpc) is 2.69. The molecular weight excluding hydrogens is 362 g/mol. The Labute approximate surface area is 174 Å². The summed E-state index contributed by atoms with van der Waals surface area (Å²) < 4.78 is 6.36. The van der Waals surface area contributed by atoms with E-state index in [1.807, 2.05) is 36.4 Å². The molecule has 156 valence electrons. The van der Waals surface area contributed by atoms with Crippen molar-refractivity contribution in [3.63, 3.8) is 0 Å². The number of hydrogen-bond donors (Lipinski definition) is 2. The van der Waals surface area contributed by atoms with Gasteiger partial charge in [-0.1, -0.05) is 63.2 Å². The van der Waals surface area contributed by atoms with Gasteiger partial charge in [-0.3, -0.25) is 0 Å². The van der Waals surface area contributed by atoms with E-state index in [-0.39, 0.29) is 11.0 Å². The molecule has 0 amide bonds. The zero-order valence-electron chi connectivity index (χ0n) is 17.8. The number of para-hydroxylation sites is 1. The highest BCUT2D eigenvalue weighted by molar-refractivity contribution is 5.38. The standard InChI is InChI=1S/C25H33NO3/c1-24(2,3)19-10-8-18(9-11-19)22(28)17-26-14-12-25(13-15-26)16-21(27)20-6-4-5-7-23(20)29-25/h4-11,21-22,27-28H,12-17H2,1-3H3/t21-,22-/m0/s1. The van der Waals surface area contributed by atoms with E-state index in [9.17, 15) is 10.2 Å². The minimum absolute atomic E-state index is 0.119. The van der Waals surface area contributed by atoms with Crippen LogP contribution >= 0.6 is 0 Å². The van der Waals surface area contributed by atoms with Gasteiger partial charge in [-0.05, 0) is 35.4 Å². The summed E-state index contributed by atoms with van der Waals surface area (Å²) in [5.41, 5.74) is 2.98. The summed E-state index contributed by atoms with van der Waals surface area (Å²) in [7, 11) is 0. The Balaban J connectivity index is 1.36. The summed E-state index contributed by atoms with van der Waals surface area (Å²) in [5.74, 6) is 0.818. The van der Waals surface area contributed by atoms with Gasteiger partial charge in [0.25, 0.3) is 0 Å². The second-order valence-electron chi connectivity index (χ2n) is 9.73. The summed E-state index contributed by atoms with van der Waals surface area (Å²) in [4.78, 5) is 2.31. The topological polar surface area (TPSA) is 52.9 Å². The summed E-state index contributed by atoms with van der Waals surface area (Å²) in [6.45, 7) is 8.96. The molecule has 2 atom stereocenters. The van der Waals surface area contributed by atoms with E-state index in [4.69, 9.17) is 4.74 Å². The molecule has 2 N–H and O–H groups in total. The molecule has 29 heavy (non-hydrogen) atoms. The van der Waals surface area contributed by atoms with Crippen molar-refractivity contribution in [3.05, 3.63) is 65.2 Å². The molecule has 2 heterocycles. The molecule has 0 unspecified atom stereocenters. The predicted molar refractivity (Wildman–Crippen MR) is 115 cm³/mol. The Morgan fingerprint density at radius 3 is 2.38 bits per heavy atom.